The molecule has 0 fully saturated rings. The van der Waals surface area contributed by atoms with Crippen LogP contribution in [0.3, 0.4) is 0 Å². The van der Waals surface area contributed by atoms with Crippen LogP contribution in [0.1, 0.15) is 64.5 Å². The number of halogens is 3. The van der Waals surface area contributed by atoms with Crippen LogP contribution in [-0.4, -0.2) is 6.54 Å². The van der Waals surface area contributed by atoms with E-state index < -0.39 is 23.5 Å². The second-order valence-corrected chi connectivity index (χ2v) is 5.55. The van der Waals surface area contributed by atoms with Crippen LogP contribution in [0.2, 0.25) is 0 Å². The molecule has 4 heteroatoms. The van der Waals surface area contributed by atoms with Crippen LogP contribution in [0.15, 0.2) is 12.1 Å². The number of benzene rings is 1. The third-order valence-corrected chi connectivity index (χ3v) is 3.76. The van der Waals surface area contributed by atoms with Gasteiger partial charge < -0.3 is 5.32 Å². The van der Waals surface area contributed by atoms with Crippen molar-refractivity contribution in [1.29, 1.82) is 0 Å². The minimum absolute atomic E-state index is 0.0169. The van der Waals surface area contributed by atoms with Crippen LogP contribution in [0.25, 0.3) is 0 Å². The third-order valence-electron chi connectivity index (χ3n) is 3.76. The van der Waals surface area contributed by atoms with Crippen LogP contribution < -0.4 is 5.32 Å². The van der Waals surface area contributed by atoms with Gasteiger partial charge in [0.25, 0.3) is 0 Å². The highest BCUT2D eigenvalue weighted by atomic mass is 19.1. The molecular formula is C17H26F3N. The predicted molar refractivity (Wildman–Crippen MR) is 80.7 cm³/mol. The Hall–Kier alpha value is -1.03. The molecule has 1 unspecified atom stereocenters. The fraction of sp³-hybridized carbons (Fsp3) is 0.647. The average molecular weight is 301 g/mol. The Morgan fingerprint density at radius 1 is 0.905 bits per heavy atom. The Morgan fingerprint density at radius 2 is 1.43 bits per heavy atom. The molecular weight excluding hydrogens is 275 g/mol. The summed E-state index contributed by atoms with van der Waals surface area (Å²) in [5, 5.41) is 3.25. The average Bonchev–Trinajstić information content (AvgIpc) is 2.41. The summed E-state index contributed by atoms with van der Waals surface area (Å²) in [5.74, 6) is -2.30. The summed E-state index contributed by atoms with van der Waals surface area (Å²) in [6.07, 6.45) is 4.58. The molecule has 0 heterocycles. The molecule has 0 aliphatic carbocycles. The molecule has 1 N–H and O–H groups in total. The lowest BCUT2D eigenvalue weighted by Crippen LogP contribution is -2.31. The molecule has 0 aliphatic heterocycles. The number of hydrogen-bond acceptors (Lipinski definition) is 1. The Labute approximate surface area is 125 Å². The summed E-state index contributed by atoms with van der Waals surface area (Å²) in [4.78, 5) is 0. The van der Waals surface area contributed by atoms with Gasteiger partial charge in [-0.1, -0.05) is 33.6 Å². The number of hydrogen-bond donors (Lipinski definition) is 1. The van der Waals surface area contributed by atoms with Gasteiger partial charge in [-0.3, -0.25) is 0 Å². The first kappa shape index (κ1) is 18.0. The smallest absolute Gasteiger partial charge is 0.133 e. The fourth-order valence-corrected chi connectivity index (χ4v) is 2.87. The molecule has 1 aromatic rings. The van der Waals surface area contributed by atoms with Crippen molar-refractivity contribution >= 4 is 0 Å². The van der Waals surface area contributed by atoms with E-state index in [1.54, 1.807) is 0 Å². The predicted octanol–water partition coefficient (Wildman–Crippen LogP) is 5.36. The molecule has 0 aliphatic rings. The van der Waals surface area contributed by atoms with Crippen LogP contribution >= 0.6 is 0 Å². The highest BCUT2D eigenvalue weighted by Crippen LogP contribution is 2.33. The molecule has 0 bridgehead atoms. The molecule has 1 aromatic carbocycles. The standard InChI is InChI=1S/C17H26F3N/c1-4-7-12(8-5-2)17(21-9-6-3)16-14(19)10-13(18)11-15(16)20/h10-12,17,21H,4-9H2,1-3H3. The Balaban J connectivity index is 3.16. The van der Waals surface area contributed by atoms with E-state index in [-0.39, 0.29) is 11.5 Å². The minimum Gasteiger partial charge on any atom is -0.310 e. The zero-order valence-corrected chi connectivity index (χ0v) is 13.2. The molecule has 120 valence electrons. The zero-order chi connectivity index (χ0) is 15.8. The van der Waals surface area contributed by atoms with E-state index in [4.69, 9.17) is 0 Å². The van der Waals surface area contributed by atoms with E-state index in [0.29, 0.717) is 6.54 Å². The lowest BCUT2D eigenvalue weighted by Gasteiger charge is -2.29. The van der Waals surface area contributed by atoms with Gasteiger partial charge in [0.1, 0.15) is 17.5 Å². The molecule has 0 saturated heterocycles. The summed E-state index contributed by atoms with van der Waals surface area (Å²) >= 11 is 0. The second kappa shape index (κ2) is 9.08. The number of nitrogens with one attached hydrogen (secondary N) is 1. The van der Waals surface area contributed by atoms with Crippen LogP contribution in [0, 0.1) is 23.4 Å². The van der Waals surface area contributed by atoms with Gasteiger partial charge in [0, 0.05) is 23.7 Å². The van der Waals surface area contributed by atoms with Crippen LogP contribution in [-0.2, 0) is 0 Å². The topological polar surface area (TPSA) is 12.0 Å². The van der Waals surface area contributed by atoms with Gasteiger partial charge in [0.15, 0.2) is 0 Å². The third kappa shape index (κ3) is 5.03. The molecule has 0 spiro atoms. The molecule has 1 atom stereocenters. The fourth-order valence-electron chi connectivity index (χ4n) is 2.87. The Bertz CT molecular complexity index is 405. The summed E-state index contributed by atoms with van der Waals surface area (Å²) in [5.41, 5.74) is -0.0169. The summed E-state index contributed by atoms with van der Waals surface area (Å²) in [6, 6.07) is 1.15. The monoisotopic (exact) mass is 301 g/mol. The van der Waals surface area contributed by atoms with Crippen LogP contribution in [0.4, 0.5) is 13.2 Å². The highest BCUT2D eigenvalue weighted by molar-refractivity contribution is 5.25. The summed E-state index contributed by atoms with van der Waals surface area (Å²) in [7, 11) is 0. The van der Waals surface area contributed by atoms with E-state index in [1.165, 1.54) is 0 Å². The largest absolute Gasteiger partial charge is 0.310 e. The molecule has 0 aromatic heterocycles. The van der Waals surface area contributed by atoms with Crippen molar-refractivity contribution in [2.75, 3.05) is 6.54 Å². The number of rotatable bonds is 9. The maximum absolute atomic E-state index is 14.1. The maximum Gasteiger partial charge on any atom is 0.133 e. The first-order chi connectivity index (χ1) is 10.0. The van der Waals surface area contributed by atoms with Crippen molar-refractivity contribution < 1.29 is 13.2 Å². The van der Waals surface area contributed by atoms with Crippen molar-refractivity contribution in [3.63, 3.8) is 0 Å². The van der Waals surface area contributed by atoms with Gasteiger partial charge in [-0.05, 0) is 31.7 Å². The van der Waals surface area contributed by atoms with Crippen molar-refractivity contribution in [3.05, 3.63) is 35.1 Å². The summed E-state index contributed by atoms with van der Waals surface area (Å²) in [6.45, 7) is 6.83. The lowest BCUT2D eigenvalue weighted by atomic mass is 9.85. The van der Waals surface area contributed by atoms with E-state index >= 15 is 0 Å². The Morgan fingerprint density at radius 3 is 1.86 bits per heavy atom. The molecule has 0 radical (unpaired) electrons. The van der Waals surface area contributed by atoms with Crippen molar-refractivity contribution in [1.82, 2.24) is 5.32 Å². The van der Waals surface area contributed by atoms with Crippen molar-refractivity contribution in [2.45, 2.75) is 58.9 Å². The van der Waals surface area contributed by atoms with Gasteiger partial charge in [-0.2, -0.15) is 0 Å². The van der Waals surface area contributed by atoms with E-state index in [2.05, 4.69) is 19.2 Å². The van der Waals surface area contributed by atoms with Gasteiger partial charge in [0.05, 0.1) is 0 Å². The van der Waals surface area contributed by atoms with Crippen molar-refractivity contribution in [3.8, 4) is 0 Å². The quantitative estimate of drug-likeness (QED) is 0.647. The molecule has 21 heavy (non-hydrogen) atoms. The maximum atomic E-state index is 14.1. The second-order valence-electron chi connectivity index (χ2n) is 5.55. The normalized spacial score (nSPS) is 12.9. The van der Waals surface area contributed by atoms with E-state index in [9.17, 15) is 13.2 Å². The van der Waals surface area contributed by atoms with Crippen molar-refractivity contribution in [2.24, 2.45) is 5.92 Å². The van der Waals surface area contributed by atoms with Gasteiger partial charge in [-0.25, -0.2) is 13.2 Å². The summed E-state index contributed by atoms with van der Waals surface area (Å²) < 4.78 is 41.3. The SMILES string of the molecule is CCCNC(c1c(F)cc(F)cc1F)C(CCC)CCC. The lowest BCUT2D eigenvalue weighted by molar-refractivity contribution is 0.300. The minimum atomic E-state index is -0.870. The van der Waals surface area contributed by atoms with Gasteiger partial charge in [0.2, 0.25) is 0 Å². The van der Waals surface area contributed by atoms with Gasteiger partial charge >= 0.3 is 0 Å². The zero-order valence-electron chi connectivity index (χ0n) is 13.2. The highest BCUT2D eigenvalue weighted by Gasteiger charge is 2.27. The first-order valence-electron chi connectivity index (χ1n) is 7.92. The molecule has 0 amide bonds. The van der Waals surface area contributed by atoms with Gasteiger partial charge in [-0.15, -0.1) is 0 Å². The first-order valence-corrected chi connectivity index (χ1v) is 7.92. The Kier molecular flexibility index (Phi) is 7.79. The van der Waals surface area contributed by atoms with Crippen LogP contribution in [0.5, 0.6) is 0 Å². The molecule has 0 saturated carbocycles. The molecule has 1 rings (SSSR count). The molecule has 1 nitrogen and oxygen atoms in total. The van der Waals surface area contributed by atoms with E-state index in [1.807, 2.05) is 6.92 Å². The van der Waals surface area contributed by atoms with E-state index in [0.717, 1.165) is 44.2 Å².